The van der Waals surface area contributed by atoms with Crippen molar-refractivity contribution < 1.29 is 13.9 Å². The number of fused-ring (bicyclic) bond motifs is 3. The van der Waals surface area contributed by atoms with Gasteiger partial charge in [-0.25, -0.2) is 18.9 Å². The maximum absolute atomic E-state index is 13.3. The van der Waals surface area contributed by atoms with E-state index in [0.29, 0.717) is 42.3 Å². The number of rotatable bonds is 1. The molecule has 2 aliphatic heterocycles. The Kier molecular flexibility index (Phi) is 5.52. The van der Waals surface area contributed by atoms with Crippen molar-refractivity contribution in [3.63, 3.8) is 0 Å². The molecule has 4 heterocycles. The SMILES string of the molecule is C=C1/C(=N\C=C(/C)F)OCCCN(C)C(=O)c2cnn3ccc(nc23)N2CCC[C@H]12. The zero-order valence-electron chi connectivity index (χ0n) is 17.2. The first-order valence-electron chi connectivity index (χ1n) is 10.0. The molecule has 0 saturated carbocycles. The van der Waals surface area contributed by atoms with Crippen LogP contribution in [0.3, 0.4) is 0 Å². The Morgan fingerprint density at radius 3 is 3.03 bits per heavy atom. The summed E-state index contributed by atoms with van der Waals surface area (Å²) in [4.78, 5) is 25.6. The van der Waals surface area contributed by atoms with Crippen LogP contribution in [-0.2, 0) is 4.74 Å². The topological polar surface area (TPSA) is 75.3 Å². The first-order valence-corrected chi connectivity index (χ1v) is 10.0. The summed E-state index contributed by atoms with van der Waals surface area (Å²) in [6, 6.07) is 1.80. The van der Waals surface area contributed by atoms with Gasteiger partial charge in [0.25, 0.3) is 5.91 Å². The van der Waals surface area contributed by atoms with Crippen molar-refractivity contribution >= 4 is 23.3 Å². The van der Waals surface area contributed by atoms with Gasteiger partial charge < -0.3 is 14.5 Å². The Morgan fingerprint density at radius 1 is 1.40 bits per heavy atom. The predicted octanol–water partition coefficient (Wildman–Crippen LogP) is 2.98. The number of nitrogens with zero attached hydrogens (tertiary/aromatic N) is 6. The molecular formula is C21H25FN6O2. The lowest BCUT2D eigenvalue weighted by atomic mass is 10.1. The van der Waals surface area contributed by atoms with Crippen LogP contribution in [0, 0.1) is 0 Å². The molecule has 0 spiro atoms. The van der Waals surface area contributed by atoms with E-state index in [1.807, 2.05) is 6.07 Å². The van der Waals surface area contributed by atoms with E-state index < -0.39 is 5.83 Å². The molecule has 2 aliphatic rings. The predicted molar refractivity (Wildman–Crippen MR) is 112 cm³/mol. The Bertz CT molecular complexity index is 1040. The monoisotopic (exact) mass is 412 g/mol. The number of allylic oxidation sites excluding steroid dienone is 1. The minimum atomic E-state index is -0.410. The van der Waals surface area contributed by atoms with Crippen LogP contribution in [0.25, 0.3) is 5.65 Å². The fourth-order valence-corrected chi connectivity index (χ4v) is 3.85. The van der Waals surface area contributed by atoms with E-state index >= 15 is 0 Å². The molecule has 0 N–H and O–H groups in total. The zero-order chi connectivity index (χ0) is 21.3. The third-order valence-electron chi connectivity index (χ3n) is 5.39. The molecule has 2 aromatic heterocycles. The summed E-state index contributed by atoms with van der Waals surface area (Å²) in [7, 11) is 1.74. The third kappa shape index (κ3) is 3.79. The Balaban J connectivity index is 1.79. The maximum atomic E-state index is 13.3. The van der Waals surface area contributed by atoms with Crippen LogP contribution in [0.4, 0.5) is 10.2 Å². The van der Waals surface area contributed by atoms with Crippen LogP contribution in [0.2, 0.25) is 0 Å². The van der Waals surface area contributed by atoms with Gasteiger partial charge in [0.2, 0.25) is 5.90 Å². The average Bonchev–Trinajstić information content (AvgIpc) is 3.37. The number of hydrogen-bond acceptors (Lipinski definition) is 6. The second-order valence-electron chi connectivity index (χ2n) is 7.57. The quantitative estimate of drug-likeness (QED) is 0.720. The molecule has 2 bridgehead atoms. The number of carbonyl (C=O) groups is 1. The molecular weight excluding hydrogens is 387 g/mol. The highest BCUT2D eigenvalue weighted by atomic mass is 19.1. The normalized spacial score (nSPS) is 22.6. The minimum Gasteiger partial charge on any atom is -0.477 e. The number of ether oxygens (including phenoxy) is 1. The second-order valence-corrected chi connectivity index (χ2v) is 7.57. The van der Waals surface area contributed by atoms with E-state index in [1.54, 1.807) is 28.9 Å². The number of carbonyl (C=O) groups excluding carboxylic acids is 1. The fraction of sp³-hybridized carbons (Fsp3) is 0.429. The highest BCUT2D eigenvalue weighted by Gasteiger charge is 2.31. The molecule has 1 amide bonds. The van der Waals surface area contributed by atoms with E-state index in [0.717, 1.165) is 31.4 Å². The van der Waals surface area contributed by atoms with Crippen molar-refractivity contribution in [1.82, 2.24) is 19.5 Å². The maximum Gasteiger partial charge on any atom is 0.259 e. The molecule has 0 aromatic carbocycles. The van der Waals surface area contributed by atoms with Gasteiger partial charge in [0.1, 0.15) is 17.2 Å². The molecule has 1 saturated heterocycles. The summed E-state index contributed by atoms with van der Waals surface area (Å²) in [6.45, 7) is 7.17. The first kappa shape index (κ1) is 20.1. The van der Waals surface area contributed by atoms with Crippen molar-refractivity contribution in [3.8, 4) is 0 Å². The number of aliphatic imine (C=N–C) groups is 1. The van der Waals surface area contributed by atoms with Crippen molar-refractivity contribution in [2.75, 3.05) is 31.6 Å². The van der Waals surface area contributed by atoms with Gasteiger partial charge in [-0.05, 0) is 32.3 Å². The van der Waals surface area contributed by atoms with Gasteiger partial charge in [-0.15, -0.1) is 0 Å². The first-order chi connectivity index (χ1) is 14.5. The van der Waals surface area contributed by atoms with Crippen molar-refractivity contribution in [2.24, 2.45) is 4.99 Å². The minimum absolute atomic E-state index is 0.0697. The molecule has 8 nitrogen and oxygen atoms in total. The summed E-state index contributed by atoms with van der Waals surface area (Å²) in [6.07, 6.45) is 6.92. The Hall–Kier alpha value is -3.23. The number of anilines is 1. The molecule has 0 radical (unpaired) electrons. The van der Waals surface area contributed by atoms with Crippen LogP contribution in [-0.4, -0.2) is 64.1 Å². The highest BCUT2D eigenvalue weighted by molar-refractivity contribution is 5.99. The smallest absolute Gasteiger partial charge is 0.259 e. The molecule has 9 heteroatoms. The number of halogens is 1. The van der Waals surface area contributed by atoms with Gasteiger partial charge in [-0.2, -0.15) is 5.10 Å². The van der Waals surface area contributed by atoms with Crippen LogP contribution in [0.1, 0.15) is 36.5 Å². The second kappa shape index (κ2) is 8.25. The molecule has 1 atom stereocenters. The third-order valence-corrected chi connectivity index (χ3v) is 5.39. The van der Waals surface area contributed by atoms with Gasteiger partial charge in [0.05, 0.1) is 25.0 Å². The van der Waals surface area contributed by atoms with Crippen molar-refractivity contribution in [3.05, 3.63) is 48.2 Å². The number of hydrogen-bond donors (Lipinski definition) is 0. The molecule has 30 heavy (non-hydrogen) atoms. The van der Waals surface area contributed by atoms with Crippen LogP contribution in [0.15, 0.2) is 47.6 Å². The molecule has 2 aromatic rings. The molecule has 0 unspecified atom stereocenters. The van der Waals surface area contributed by atoms with Crippen LogP contribution < -0.4 is 4.90 Å². The summed E-state index contributed by atoms with van der Waals surface area (Å²) in [5.74, 6) is 0.504. The molecule has 0 aliphatic carbocycles. The van der Waals surface area contributed by atoms with Gasteiger partial charge in [-0.3, -0.25) is 4.79 Å². The Labute approximate surface area is 174 Å². The van der Waals surface area contributed by atoms with Gasteiger partial charge in [0, 0.05) is 31.9 Å². The molecule has 1 fully saturated rings. The van der Waals surface area contributed by atoms with Crippen molar-refractivity contribution in [2.45, 2.75) is 32.2 Å². The zero-order valence-corrected chi connectivity index (χ0v) is 17.2. The molecule has 4 rings (SSSR count). The lowest BCUT2D eigenvalue weighted by Crippen LogP contribution is -2.35. The van der Waals surface area contributed by atoms with Crippen LogP contribution in [0.5, 0.6) is 0 Å². The number of amides is 1. The van der Waals surface area contributed by atoms with E-state index in [1.165, 1.54) is 6.92 Å². The van der Waals surface area contributed by atoms with E-state index in [2.05, 4.69) is 21.6 Å². The summed E-state index contributed by atoms with van der Waals surface area (Å²) in [5, 5.41) is 4.27. The van der Waals surface area contributed by atoms with E-state index in [9.17, 15) is 9.18 Å². The lowest BCUT2D eigenvalue weighted by Gasteiger charge is -2.28. The van der Waals surface area contributed by atoms with E-state index in [-0.39, 0.29) is 11.9 Å². The summed E-state index contributed by atoms with van der Waals surface area (Å²) >= 11 is 0. The Morgan fingerprint density at radius 2 is 2.23 bits per heavy atom. The van der Waals surface area contributed by atoms with E-state index in [4.69, 9.17) is 9.72 Å². The summed E-state index contributed by atoms with van der Waals surface area (Å²) in [5.41, 5.74) is 1.69. The lowest BCUT2D eigenvalue weighted by molar-refractivity contribution is 0.0789. The average molecular weight is 412 g/mol. The highest BCUT2D eigenvalue weighted by Crippen LogP contribution is 2.29. The van der Waals surface area contributed by atoms with Crippen LogP contribution >= 0.6 is 0 Å². The number of aromatic nitrogens is 3. The van der Waals surface area contributed by atoms with Crippen molar-refractivity contribution in [1.29, 1.82) is 0 Å². The van der Waals surface area contributed by atoms with Gasteiger partial charge in [0.15, 0.2) is 5.65 Å². The fourth-order valence-electron chi connectivity index (χ4n) is 3.85. The van der Waals surface area contributed by atoms with Gasteiger partial charge in [-0.1, -0.05) is 6.58 Å². The summed E-state index contributed by atoms with van der Waals surface area (Å²) < 4.78 is 20.8. The van der Waals surface area contributed by atoms with Gasteiger partial charge >= 0.3 is 0 Å². The molecule has 158 valence electrons. The largest absolute Gasteiger partial charge is 0.477 e. The standard InChI is InChI=1S/C21H25FN6O2/c1-14(22)12-23-20-15(2)17-6-4-9-27(17)18-7-10-28-19(25-18)16(13-24-28)21(29)26(3)8-5-11-30-20/h7,10,12-13,17H,2,4-6,8-9,11H2,1,3H3/b14-12+,23-20+/t17-/m1/s1.